The first kappa shape index (κ1) is 22.3. The number of esters is 2. The summed E-state index contributed by atoms with van der Waals surface area (Å²) in [6.07, 6.45) is 0.313. The lowest BCUT2D eigenvalue weighted by Gasteiger charge is -2.17. The first-order valence-electron chi connectivity index (χ1n) is 10.4. The Morgan fingerprint density at radius 2 is 1.58 bits per heavy atom. The molecule has 162 valence electrons. The number of hydrogen-bond acceptors (Lipinski definition) is 6. The maximum Gasteiger partial charge on any atom is 0.320 e. The number of aromatic nitrogens is 1. The van der Waals surface area contributed by atoms with Gasteiger partial charge in [-0.15, -0.1) is 0 Å². The second kappa shape index (κ2) is 10.6. The minimum absolute atomic E-state index is 0.0485. The van der Waals surface area contributed by atoms with E-state index in [-0.39, 0.29) is 13.2 Å². The molecule has 0 fully saturated rings. The van der Waals surface area contributed by atoms with E-state index in [0.717, 1.165) is 22.0 Å². The van der Waals surface area contributed by atoms with Crippen LogP contribution in [-0.2, 0) is 32.3 Å². The molecular formula is C25H27NO5. The minimum atomic E-state index is -0.936. The van der Waals surface area contributed by atoms with Crippen LogP contribution in [0.4, 0.5) is 0 Å². The molecule has 1 aromatic heterocycles. The highest BCUT2D eigenvalue weighted by molar-refractivity contribution is 5.94. The Kier molecular flexibility index (Phi) is 7.60. The van der Waals surface area contributed by atoms with Gasteiger partial charge in [0.2, 0.25) is 0 Å². The summed E-state index contributed by atoms with van der Waals surface area (Å²) in [6.45, 7) is 5.93. The molecular weight excluding hydrogens is 394 g/mol. The number of carbonyl (C=O) groups is 2. The fourth-order valence-electron chi connectivity index (χ4n) is 3.29. The molecule has 0 aliphatic heterocycles. The standard InChI is InChI=1S/C25H27NO5/c1-4-19(24(27)29-5-2)25(28)31-16-22-17(3)23(20-13-9-10-14-21(20)26-22)30-15-18-11-7-6-8-12-18/h6-14,19H,4-5,15-16H2,1-3H3. The number of para-hydroxylation sites is 1. The lowest BCUT2D eigenvalue weighted by Crippen LogP contribution is -2.27. The Balaban J connectivity index is 1.83. The lowest BCUT2D eigenvalue weighted by atomic mass is 10.1. The average Bonchev–Trinajstić information content (AvgIpc) is 2.78. The number of carbonyl (C=O) groups excluding carboxylic acids is 2. The molecule has 0 spiro atoms. The zero-order valence-corrected chi connectivity index (χ0v) is 18.1. The van der Waals surface area contributed by atoms with E-state index in [9.17, 15) is 9.59 Å². The predicted molar refractivity (Wildman–Crippen MR) is 117 cm³/mol. The number of nitrogens with zero attached hydrogens (tertiary/aromatic N) is 1. The molecule has 0 saturated heterocycles. The number of pyridine rings is 1. The van der Waals surface area contributed by atoms with E-state index in [4.69, 9.17) is 14.2 Å². The van der Waals surface area contributed by atoms with Crippen molar-refractivity contribution in [1.29, 1.82) is 0 Å². The maximum absolute atomic E-state index is 12.5. The summed E-state index contributed by atoms with van der Waals surface area (Å²) in [4.78, 5) is 29.1. The van der Waals surface area contributed by atoms with Crippen LogP contribution < -0.4 is 4.74 Å². The van der Waals surface area contributed by atoms with Crippen molar-refractivity contribution in [3.63, 3.8) is 0 Å². The summed E-state index contributed by atoms with van der Waals surface area (Å²) in [5.74, 6) is -1.40. The third kappa shape index (κ3) is 5.40. The van der Waals surface area contributed by atoms with Crippen LogP contribution in [0.25, 0.3) is 10.9 Å². The van der Waals surface area contributed by atoms with Gasteiger partial charge < -0.3 is 14.2 Å². The van der Waals surface area contributed by atoms with Gasteiger partial charge in [-0.1, -0.05) is 49.4 Å². The van der Waals surface area contributed by atoms with Gasteiger partial charge in [-0.25, -0.2) is 4.98 Å². The molecule has 0 aliphatic carbocycles. The fourth-order valence-corrected chi connectivity index (χ4v) is 3.29. The summed E-state index contributed by atoms with van der Waals surface area (Å²) < 4.78 is 16.6. The molecule has 0 aliphatic rings. The van der Waals surface area contributed by atoms with Crippen LogP contribution in [0.1, 0.15) is 37.1 Å². The van der Waals surface area contributed by atoms with Crippen LogP contribution in [0.15, 0.2) is 54.6 Å². The molecule has 31 heavy (non-hydrogen) atoms. The van der Waals surface area contributed by atoms with Gasteiger partial charge >= 0.3 is 11.9 Å². The van der Waals surface area contributed by atoms with Gasteiger partial charge in [0.25, 0.3) is 0 Å². The summed E-state index contributed by atoms with van der Waals surface area (Å²) >= 11 is 0. The van der Waals surface area contributed by atoms with Crippen LogP contribution in [0, 0.1) is 12.8 Å². The number of ether oxygens (including phenoxy) is 3. The Bertz CT molecular complexity index is 1050. The minimum Gasteiger partial charge on any atom is -0.488 e. The molecule has 1 atom stereocenters. The van der Waals surface area contributed by atoms with Crippen molar-refractivity contribution in [3.05, 3.63) is 71.4 Å². The van der Waals surface area contributed by atoms with E-state index >= 15 is 0 Å². The molecule has 2 aromatic carbocycles. The van der Waals surface area contributed by atoms with E-state index in [2.05, 4.69) is 4.98 Å². The molecule has 3 aromatic rings. The van der Waals surface area contributed by atoms with E-state index in [1.807, 2.05) is 61.5 Å². The average molecular weight is 421 g/mol. The lowest BCUT2D eigenvalue weighted by molar-refractivity contribution is -0.162. The molecule has 6 nitrogen and oxygen atoms in total. The monoisotopic (exact) mass is 421 g/mol. The molecule has 1 heterocycles. The Morgan fingerprint density at radius 1 is 0.903 bits per heavy atom. The highest BCUT2D eigenvalue weighted by atomic mass is 16.6. The van der Waals surface area contributed by atoms with Crippen molar-refractivity contribution in [3.8, 4) is 5.75 Å². The smallest absolute Gasteiger partial charge is 0.320 e. The van der Waals surface area contributed by atoms with Gasteiger partial charge in [0.05, 0.1) is 17.8 Å². The third-order valence-electron chi connectivity index (χ3n) is 5.02. The van der Waals surface area contributed by atoms with Crippen LogP contribution in [-0.4, -0.2) is 23.5 Å². The van der Waals surface area contributed by atoms with Crippen molar-refractivity contribution in [2.24, 2.45) is 5.92 Å². The maximum atomic E-state index is 12.5. The molecule has 0 amide bonds. The van der Waals surface area contributed by atoms with Gasteiger partial charge in [-0.3, -0.25) is 9.59 Å². The number of fused-ring (bicyclic) bond motifs is 1. The highest BCUT2D eigenvalue weighted by Gasteiger charge is 2.28. The van der Waals surface area contributed by atoms with E-state index in [0.29, 0.717) is 24.5 Å². The first-order valence-corrected chi connectivity index (χ1v) is 10.4. The second-order valence-corrected chi connectivity index (χ2v) is 7.12. The third-order valence-corrected chi connectivity index (χ3v) is 5.02. The highest BCUT2D eigenvalue weighted by Crippen LogP contribution is 2.31. The Morgan fingerprint density at radius 3 is 2.29 bits per heavy atom. The summed E-state index contributed by atoms with van der Waals surface area (Å²) in [5, 5.41) is 0.893. The number of rotatable bonds is 9. The molecule has 0 bridgehead atoms. The van der Waals surface area contributed by atoms with Crippen molar-refractivity contribution in [1.82, 2.24) is 4.98 Å². The zero-order valence-electron chi connectivity index (χ0n) is 18.1. The molecule has 0 saturated carbocycles. The van der Waals surface area contributed by atoms with Gasteiger partial charge in [-0.05, 0) is 38.0 Å². The Labute approximate surface area is 182 Å². The quantitative estimate of drug-likeness (QED) is 0.366. The van der Waals surface area contributed by atoms with Crippen LogP contribution in [0.5, 0.6) is 5.75 Å². The fraction of sp³-hybridized carbons (Fsp3) is 0.320. The van der Waals surface area contributed by atoms with Gasteiger partial charge in [0.1, 0.15) is 19.0 Å². The van der Waals surface area contributed by atoms with E-state index in [1.54, 1.807) is 13.8 Å². The summed E-state index contributed by atoms with van der Waals surface area (Å²) in [6, 6.07) is 17.6. The SMILES string of the molecule is CCOC(=O)C(CC)C(=O)OCc1nc2ccccc2c(OCc2ccccc2)c1C. The molecule has 0 N–H and O–H groups in total. The molecule has 6 heteroatoms. The predicted octanol–water partition coefficient (Wildman–Crippen LogP) is 4.75. The van der Waals surface area contributed by atoms with Crippen molar-refractivity contribution < 1.29 is 23.8 Å². The second-order valence-electron chi connectivity index (χ2n) is 7.12. The molecule has 1 unspecified atom stereocenters. The number of benzene rings is 2. The van der Waals surface area contributed by atoms with E-state index in [1.165, 1.54) is 0 Å². The van der Waals surface area contributed by atoms with Gasteiger partial charge in [0.15, 0.2) is 5.92 Å². The summed E-state index contributed by atoms with van der Waals surface area (Å²) in [5.41, 5.74) is 3.19. The van der Waals surface area contributed by atoms with Crippen LogP contribution >= 0.6 is 0 Å². The van der Waals surface area contributed by atoms with Crippen molar-refractivity contribution >= 4 is 22.8 Å². The largest absolute Gasteiger partial charge is 0.488 e. The van der Waals surface area contributed by atoms with Crippen LogP contribution in [0.3, 0.4) is 0 Å². The first-order chi connectivity index (χ1) is 15.0. The number of hydrogen-bond donors (Lipinski definition) is 0. The van der Waals surface area contributed by atoms with Crippen molar-refractivity contribution in [2.75, 3.05) is 6.61 Å². The normalized spacial score (nSPS) is 11.7. The zero-order chi connectivity index (χ0) is 22.2. The molecule has 3 rings (SSSR count). The van der Waals surface area contributed by atoms with Gasteiger partial charge in [0, 0.05) is 10.9 Å². The van der Waals surface area contributed by atoms with Crippen molar-refractivity contribution in [2.45, 2.75) is 40.4 Å². The summed E-state index contributed by atoms with van der Waals surface area (Å²) in [7, 11) is 0. The van der Waals surface area contributed by atoms with Crippen LogP contribution in [0.2, 0.25) is 0 Å². The topological polar surface area (TPSA) is 74.7 Å². The van der Waals surface area contributed by atoms with E-state index < -0.39 is 17.9 Å². The van der Waals surface area contributed by atoms with Gasteiger partial charge in [-0.2, -0.15) is 0 Å². The Hall–Kier alpha value is -3.41. The molecule has 0 radical (unpaired) electrons.